The molecular formula is C20H25BrN3O7P. The summed E-state index contributed by atoms with van der Waals surface area (Å²) in [6.45, 7) is 5.16. The lowest BCUT2D eigenvalue weighted by Crippen LogP contribution is -2.44. The molecule has 0 saturated carbocycles. The molecule has 4 rings (SSSR count). The van der Waals surface area contributed by atoms with Crippen LogP contribution in [0.25, 0.3) is 0 Å². The molecule has 3 heterocycles. The van der Waals surface area contributed by atoms with Crippen LogP contribution in [0.1, 0.15) is 25.0 Å². The number of nitrogens with zero attached hydrogens (tertiary/aromatic N) is 2. The summed E-state index contributed by atoms with van der Waals surface area (Å²) in [4.78, 5) is 5.49. The van der Waals surface area contributed by atoms with E-state index < -0.39 is 38.0 Å². The number of rotatable bonds is 5. The Morgan fingerprint density at radius 3 is 2.97 bits per heavy atom. The van der Waals surface area contributed by atoms with Crippen LogP contribution in [-0.2, 0) is 22.9 Å². The second-order valence-corrected chi connectivity index (χ2v) is 10.5. The molecule has 1 aromatic carbocycles. The van der Waals surface area contributed by atoms with Gasteiger partial charge in [-0.05, 0) is 30.7 Å². The van der Waals surface area contributed by atoms with Gasteiger partial charge in [0.2, 0.25) is 0 Å². The topological polar surface area (TPSA) is 136 Å². The molecule has 2 unspecified atom stereocenters. The van der Waals surface area contributed by atoms with E-state index >= 15 is 0 Å². The van der Waals surface area contributed by atoms with Crippen LogP contribution in [0.3, 0.4) is 0 Å². The monoisotopic (exact) mass is 529 g/mol. The van der Waals surface area contributed by atoms with Gasteiger partial charge in [0.1, 0.15) is 29.5 Å². The fraction of sp³-hybridized carbons (Fsp3) is 0.450. The van der Waals surface area contributed by atoms with Crippen molar-refractivity contribution < 1.29 is 33.1 Å². The molecule has 1 aromatic rings. The van der Waals surface area contributed by atoms with Crippen LogP contribution in [0.5, 0.6) is 0 Å². The first-order chi connectivity index (χ1) is 15.1. The summed E-state index contributed by atoms with van der Waals surface area (Å²) in [6, 6.07) is 7.48. The van der Waals surface area contributed by atoms with Crippen LogP contribution in [0.2, 0.25) is 0 Å². The number of amidine groups is 1. The number of aliphatic imine (C=N–C) groups is 1. The summed E-state index contributed by atoms with van der Waals surface area (Å²) >= 11 is 3.41. The molecule has 2 fully saturated rings. The summed E-state index contributed by atoms with van der Waals surface area (Å²) < 4.78 is 36.4. The standard InChI is InChI=1S/C20H25BrN3O7P/c1-12-23-16(22)6-8-24(12)19-17(25)18(26)20(2,30-19)11-29-32(27)28-9-7-15(31-32)13-4-3-5-14(21)10-13/h3-6,8,10,15,17-19,25-26H,1,7,9,11H2,2H3,(H2,22,23)/t15?,17-,18+,19-,20-,32?/m1/s1. The molecule has 10 nitrogen and oxygen atoms in total. The number of phosphoric acid groups is 1. The lowest BCUT2D eigenvalue weighted by atomic mass is 9.98. The number of aliphatic hydroxyl groups excluding tert-OH is 2. The highest BCUT2D eigenvalue weighted by atomic mass is 79.9. The third-order valence-corrected chi connectivity index (χ3v) is 7.43. The summed E-state index contributed by atoms with van der Waals surface area (Å²) in [7, 11) is -3.94. The van der Waals surface area contributed by atoms with Crippen molar-refractivity contribution in [2.24, 2.45) is 10.7 Å². The highest BCUT2D eigenvalue weighted by Gasteiger charge is 2.54. The second kappa shape index (κ2) is 9.00. The average Bonchev–Trinajstić information content (AvgIpc) is 2.97. The van der Waals surface area contributed by atoms with Crippen molar-refractivity contribution in [3.05, 3.63) is 59.0 Å². The minimum absolute atomic E-state index is 0.178. The predicted molar refractivity (Wildman–Crippen MR) is 119 cm³/mol. The molecule has 0 amide bonds. The summed E-state index contributed by atoms with van der Waals surface area (Å²) in [5.41, 5.74) is 5.08. The first kappa shape index (κ1) is 23.6. The molecular weight excluding hydrogens is 505 g/mol. The molecule has 3 aliphatic rings. The van der Waals surface area contributed by atoms with Crippen LogP contribution in [-0.4, -0.2) is 58.2 Å². The van der Waals surface area contributed by atoms with Crippen molar-refractivity contribution in [1.82, 2.24) is 4.90 Å². The van der Waals surface area contributed by atoms with Gasteiger partial charge in [0, 0.05) is 17.1 Å². The number of nitrogens with two attached hydrogens (primary N) is 1. The van der Waals surface area contributed by atoms with E-state index in [4.69, 9.17) is 24.0 Å². The summed E-state index contributed by atoms with van der Waals surface area (Å²) in [6.07, 6.45) is -0.560. The molecule has 2 saturated heterocycles. The lowest BCUT2D eigenvalue weighted by Gasteiger charge is -2.33. The van der Waals surface area contributed by atoms with Crippen molar-refractivity contribution >= 4 is 29.6 Å². The number of phosphoric ester groups is 1. The quantitative estimate of drug-likeness (QED) is 0.491. The Labute approximate surface area is 194 Å². The van der Waals surface area contributed by atoms with E-state index in [0.29, 0.717) is 6.42 Å². The van der Waals surface area contributed by atoms with Crippen molar-refractivity contribution in [2.45, 2.75) is 43.5 Å². The molecule has 32 heavy (non-hydrogen) atoms. The van der Waals surface area contributed by atoms with Gasteiger partial charge < -0.3 is 25.6 Å². The zero-order chi connectivity index (χ0) is 23.1. The van der Waals surface area contributed by atoms with Gasteiger partial charge >= 0.3 is 7.82 Å². The van der Waals surface area contributed by atoms with Gasteiger partial charge in [-0.25, -0.2) is 9.56 Å². The third-order valence-electron chi connectivity index (χ3n) is 5.48. The Balaban J connectivity index is 1.44. The molecule has 6 atom stereocenters. The van der Waals surface area contributed by atoms with E-state index in [1.165, 1.54) is 17.9 Å². The van der Waals surface area contributed by atoms with Crippen molar-refractivity contribution in [3.8, 4) is 0 Å². The minimum atomic E-state index is -3.94. The molecule has 0 aromatic heterocycles. The van der Waals surface area contributed by atoms with Crippen LogP contribution in [0.15, 0.2) is 58.4 Å². The van der Waals surface area contributed by atoms with E-state index in [1.54, 1.807) is 6.20 Å². The number of halogens is 1. The predicted octanol–water partition coefficient (Wildman–Crippen LogP) is 2.55. The maximum Gasteiger partial charge on any atom is 0.475 e. The van der Waals surface area contributed by atoms with Crippen molar-refractivity contribution in [2.75, 3.05) is 13.2 Å². The van der Waals surface area contributed by atoms with Crippen LogP contribution in [0.4, 0.5) is 0 Å². The zero-order valence-electron chi connectivity index (χ0n) is 17.3. The molecule has 3 aliphatic heterocycles. The first-order valence-electron chi connectivity index (χ1n) is 9.97. The molecule has 174 valence electrons. The fourth-order valence-corrected chi connectivity index (χ4v) is 5.61. The molecule has 4 N–H and O–H groups in total. The van der Waals surface area contributed by atoms with Gasteiger partial charge in [-0.3, -0.25) is 13.6 Å². The number of ether oxygens (including phenoxy) is 1. The smallest absolute Gasteiger partial charge is 0.387 e. The van der Waals surface area contributed by atoms with Gasteiger partial charge in [-0.2, -0.15) is 0 Å². The molecule has 12 heteroatoms. The largest absolute Gasteiger partial charge is 0.475 e. The molecule has 0 spiro atoms. The third kappa shape index (κ3) is 4.71. The van der Waals surface area contributed by atoms with E-state index in [0.717, 1.165) is 10.0 Å². The highest BCUT2D eigenvalue weighted by molar-refractivity contribution is 9.10. The van der Waals surface area contributed by atoms with Crippen LogP contribution < -0.4 is 5.73 Å². The van der Waals surface area contributed by atoms with Gasteiger partial charge in [0.15, 0.2) is 6.23 Å². The van der Waals surface area contributed by atoms with E-state index in [2.05, 4.69) is 27.5 Å². The molecule has 0 radical (unpaired) electrons. The zero-order valence-corrected chi connectivity index (χ0v) is 19.8. The maximum atomic E-state index is 13.1. The normalized spacial score (nSPS) is 37.6. The maximum absolute atomic E-state index is 13.1. The fourth-order valence-electron chi connectivity index (χ4n) is 3.71. The Kier molecular flexibility index (Phi) is 6.63. The number of hydrogen-bond donors (Lipinski definition) is 3. The Hall–Kier alpha value is -1.56. The Bertz CT molecular complexity index is 1010. The minimum Gasteiger partial charge on any atom is -0.387 e. The second-order valence-electron chi connectivity index (χ2n) is 7.92. The van der Waals surface area contributed by atoms with Crippen LogP contribution >= 0.6 is 23.8 Å². The summed E-state index contributed by atoms with van der Waals surface area (Å²) in [5.74, 6) is 0.505. The van der Waals surface area contributed by atoms with E-state index in [9.17, 15) is 14.8 Å². The Morgan fingerprint density at radius 2 is 2.25 bits per heavy atom. The SMILES string of the molecule is C=C1N=C(N)C=CN1[C@@H]1O[C@](C)(COP2(=O)OCCC(c3cccc(Br)c3)O2)[C@@H](O)[C@H]1O. The molecule has 0 aliphatic carbocycles. The number of hydrogen-bond acceptors (Lipinski definition) is 10. The first-order valence-corrected chi connectivity index (χ1v) is 12.2. The van der Waals surface area contributed by atoms with Gasteiger partial charge in [-0.1, -0.05) is 34.6 Å². The van der Waals surface area contributed by atoms with Crippen molar-refractivity contribution in [1.29, 1.82) is 0 Å². The lowest BCUT2D eigenvalue weighted by molar-refractivity contribution is -0.126. The number of benzene rings is 1. The molecule has 0 bridgehead atoms. The van der Waals surface area contributed by atoms with Gasteiger partial charge in [0.25, 0.3) is 0 Å². The van der Waals surface area contributed by atoms with Gasteiger partial charge in [0.05, 0.1) is 19.3 Å². The average molecular weight is 530 g/mol. The summed E-state index contributed by atoms with van der Waals surface area (Å²) in [5, 5.41) is 21.2. The van der Waals surface area contributed by atoms with E-state index in [-0.39, 0.29) is 24.9 Å². The van der Waals surface area contributed by atoms with Gasteiger partial charge in [-0.15, -0.1) is 0 Å². The van der Waals surface area contributed by atoms with Crippen LogP contribution in [0, 0.1) is 0 Å². The highest BCUT2D eigenvalue weighted by Crippen LogP contribution is 2.57. The van der Waals surface area contributed by atoms with E-state index in [1.807, 2.05) is 24.3 Å². The van der Waals surface area contributed by atoms with Crippen molar-refractivity contribution in [3.63, 3.8) is 0 Å². The number of aliphatic hydroxyl groups is 2. The Morgan fingerprint density at radius 1 is 1.47 bits per heavy atom.